The van der Waals surface area contributed by atoms with Gasteiger partial charge < -0.3 is 10.4 Å². The van der Waals surface area contributed by atoms with Crippen molar-refractivity contribution >= 4 is 12.4 Å². The second-order valence-corrected chi connectivity index (χ2v) is 2.77. The Morgan fingerprint density at radius 2 is 2.00 bits per heavy atom. The summed E-state index contributed by atoms with van der Waals surface area (Å²) in [7, 11) is 0. The van der Waals surface area contributed by atoms with Crippen molar-refractivity contribution in [3.05, 3.63) is 0 Å². The minimum atomic E-state index is 0. The number of nitrogens with one attached hydrogen (secondary N) is 1. The Bertz CT molecular complexity index is 79.7. The molecule has 0 aromatic heterocycles. The third-order valence-corrected chi connectivity index (χ3v) is 2.24. The van der Waals surface area contributed by atoms with Crippen LogP contribution < -0.4 is 5.32 Å². The Labute approximate surface area is 68.4 Å². The molecule has 0 bridgehead atoms. The van der Waals surface area contributed by atoms with E-state index in [1.165, 1.54) is 6.42 Å². The van der Waals surface area contributed by atoms with Gasteiger partial charge in [-0.3, -0.25) is 0 Å². The predicted octanol–water partition coefficient (Wildman–Crippen LogP) is 0.646. The average molecular weight is 166 g/mol. The summed E-state index contributed by atoms with van der Waals surface area (Å²) in [6, 6.07) is 0. The Hall–Kier alpha value is 0.210. The van der Waals surface area contributed by atoms with Crippen LogP contribution in [0, 0.1) is 11.8 Å². The molecule has 0 spiro atoms. The van der Waals surface area contributed by atoms with E-state index < -0.39 is 0 Å². The van der Waals surface area contributed by atoms with Crippen LogP contribution in [0.25, 0.3) is 0 Å². The van der Waals surface area contributed by atoms with E-state index in [1.54, 1.807) is 0 Å². The van der Waals surface area contributed by atoms with Gasteiger partial charge in [-0.2, -0.15) is 0 Å². The van der Waals surface area contributed by atoms with Gasteiger partial charge in [0, 0.05) is 13.2 Å². The molecule has 0 radical (unpaired) electrons. The maximum atomic E-state index is 8.83. The molecule has 0 aliphatic carbocycles. The van der Waals surface area contributed by atoms with E-state index in [1.807, 2.05) is 0 Å². The quantitative estimate of drug-likeness (QED) is 0.630. The Morgan fingerprint density at radius 1 is 1.40 bits per heavy atom. The van der Waals surface area contributed by atoms with Crippen molar-refractivity contribution in [3.8, 4) is 0 Å². The van der Waals surface area contributed by atoms with Crippen LogP contribution in [0.5, 0.6) is 0 Å². The minimum Gasteiger partial charge on any atom is -0.396 e. The van der Waals surface area contributed by atoms with E-state index in [4.69, 9.17) is 5.11 Å². The zero-order valence-corrected chi connectivity index (χ0v) is 7.16. The molecule has 1 saturated heterocycles. The van der Waals surface area contributed by atoms with Gasteiger partial charge in [0.05, 0.1) is 0 Å². The first-order valence-electron chi connectivity index (χ1n) is 3.70. The fourth-order valence-electron chi connectivity index (χ4n) is 1.48. The van der Waals surface area contributed by atoms with E-state index in [0.29, 0.717) is 12.5 Å². The average Bonchev–Trinajstić information content (AvgIpc) is 2.33. The highest BCUT2D eigenvalue weighted by atomic mass is 35.5. The van der Waals surface area contributed by atoms with Crippen LogP contribution in [0.4, 0.5) is 0 Å². The van der Waals surface area contributed by atoms with Gasteiger partial charge in [0.15, 0.2) is 0 Å². The second kappa shape index (κ2) is 4.94. The van der Waals surface area contributed by atoms with Crippen molar-refractivity contribution in [2.45, 2.75) is 13.3 Å². The number of halogens is 1. The van der Waals surface area contributed by atoms with Crippen molar-refractivity contribution in [1.82, 2.24) is 5.32 Å². The van der Waals surface area contributed by atoms with Crippen molar-refractivity contribution in [1.29, 1.82) is 0 Å². The van der Waals surface area contributed by atoms with Crippen LogP contribution in [0.1, 0.15) is 13.3 Å². The van der Waals surface area contributed by atoms with E-state index in [2.05, 4.69) is 12.2 Å². The van der Waals surface area contributed by atoms with Crippen LogP contribution in [0.2, 0.25) is 0 Å². The zero-order valence-electron chi connectivity index (χ0n) is 6.34. The van der Waals surface area contributed by atoms with E-state index in [0.717, 1.165) is 19.0 Å². The summed E-state index contributed by atoms with van der Waals surface area (Å²) < 4.78 is 0. The van der Waals surface area contributed by atoms with Crippen molar-refractivity contribution in [3.63, 3.8) is 0 Å². The lowest BCUT2D eigenvalue weighted by atomic mass is 9.95. The van der Waals surface area contributed by atoms with Gasteiger partial charge in [0.25, 0.3) is 0 Å². The largest absolute Gasteiger partial charge is 0.396 e. The maximum Gasteiger partial charge on any atom is 0.0474 e. The van der Waals surface area contributed by atoms with Gasteiger partial charge in [-0.05, 0) is 18.4 Å². The van der Waals surface area contributed by atoms with Crippen molar-refractivity contribution in [2.75, 3.05) is 19.7 Å². The lowest BCUT2D eigenvalue weighted by Crippen LogP contribution is -2.15. The predicted molar refractivity (Wildman–Crippen MR) is 44.5 cm³/mol. The smallest absolute Gasteiger partial charge is 0.0474 e. The molecular formula is C7H16ClNO. The lowest BCUT2D eigenvalue weighted by molar-refractivity contribution is 0.203. The number of hydrogen-bond donors (Lipinski definition) is 2. The van der Waals surface area contributed by atoms with Crippen LogP contribution in [-0.4, -0.2) is 24.8 Å². The van der Waals surface area contributed by atoms with Crippen molar-refractivity contribution in [2.24, 2.45) is 11.8 Å². The van der Waals surface area contributed by atoms with Gasteiger partial charge in [0.1, 0.15) is 0 Å². The molecule has 3 heteroatoms. The fourth-order valence-corrected chi connectivity index (χ4v) is 1.48. The van der Waals surface area contributed by atoms with Gasteiger partial charge >= 0.3 is 0 Å². The van der Waals surface area contributed by atoms with E-state index in [9.17, 15) is 0 Å². The third kappa shape index (κ3) is 2.11. The molecular weight excluding hydrogens is 150 g/mol. The monoisotopic (exact) mass is 165 g/mol. The molecule has 0 aromatic rings. The molecule has 2 nitrogen and oxygen atoms in total. The summed E-state index contributed by atoms with van der Waals surface area (Å²) in [5.41, 5.74) is 0. The highest BCUT2D eigenvalue weighted by Crippen LogP contribution is 2.18. The van der Waals surface area contributed by atoms with E-state index >= 15 is 0 Å². The summed E-state index contributed by atoms with van der Waals surface area (Å²) in [6.07, 6.45) is 1.19. The number of hydrogen-bond acceptors (Lipinski definition) is 2. The molecule has 62 valence electrons. The summed E-state index contributed by atoms with van der Waals surface area (Å²) in [4.78, 5) is 0. The summed E-state index contributed by atoms with van der Waals surface area (Å²) in [5, 5.41) is 12.1. The van der Waals surface area contributed by atoms with Crippen LogP contribution in [-0.2, 0) is 0 Å². The molecule has 1 fully saturated rings. The van der Waals surface area contributed by atoms with Crippen LogP contribution in [0.15, 0.2) is 0 Å². The first kappa shape index (κ1) is 10.2. The normalized spacial score (nSPS) is 31.8. The van der Waals surface area contributed by atoms with Gasteiger partial charge in [-0.1, -0.05) is 13.3 Å². The number of aliphatic hydroxyl groups excluding tert-OH is 1. The first-order chi connectivity index (χ1) is 4.38. The van der Waals surface area contributed by atoms with Crippen LogP contribution >= 0.6 is 12.4 Å². The maximum absolute atomic E-state index is 8.83. The summed E-state index contributed by atoms with van der Waals surface area (Å²) in [5.74, 6) is 1.24. The molecule has 2 atom stereocenters. The summed E-state index contributed by atoms with van der Waals surface area (Å²) in [6.45, 7) is 4.64. The third-order valence-electron chi connectivity index (χ3n) is 2.24. The number of rotatable bonds is 2. The second-order valence-electron chi connectivity index (χ2n) is 2.77. The SMILES string of the molecule is CC[C@H]1CNC[C@@H]1CO.Cl. The fraction of sp³-hybridized carbons (Fsp3) is 1.00. The topological polar surface area (TPSA) is 32.3 Å². The molecule has 0 unspecified atom stereocenters. The molecule has 1 heterocycles. The number of aliphatic hydroxyl groups is 1. The molecule has 1 rings (SSSR count). The molecule has 0 saturated carbocycles. The van der Waals surface area contributed by atoms with Crippen molar-refractivity contribution < 1.29 is 5.11 Å². The van der Waals surface area contributed by atoms with Gasteiger partial charge in [-0.15, -0.1) is 12.4 Å². The molecule has 2 N–H and O–H groups in total. The molecule has 0 aromatic carbocycles. The van der Waals surface area contributed by atoms with E-state index in [-0.39, 0.29) is 12.4 Å². The molecule has 1 aliphatic rings. The Kier molecular flexibility index (Phi) is 5.04. The zero-order chi connectivity index (χ0) is 6.69. The lowest BCUT2D eigenvalue weighted by Gasteiger charge is -2.12. The minimum absolute atomic E-state index is 0. The molecule has 10 heavy (non-hydrogen) atoms. The standard InChI is InChI=1S/C7H15NO.ClH/c1-2-6-3-8-4-7(6)5-9;/h6-9H,2-5H2,1H3;1H/t6-,7+;/m0./s1. The highest BCUT2D eigenvalue weighted by Gasteiger charge is 2.23. The van der Waals surface area contributed by atoms with Crippen LogP contribution in [0.3, 0.4) is 0 Å². The Morgan fingerprint density at radius 3 is 2.40 bits per heavy atom. The molecule has 1 aliphatic heterocycles. The highest BCUT2D eigenvalue weighted by molar-refractivity contribution is 5.85. The summed E-state index contributed by atoms with van der Waals surface area (Å²) >= 11 is 0. The molecule has 0 amide bonds. The van der Waals surface area contributed by atoms with Gasteiger partial charge in [0.2, 0.25) is 0 Å². The first-order valence-corrected chi connectivity index (χ1v) is 3.70. The Balaban J connectivity index is 0.000000810. The van der Waals surface area contributed by atoms with Gasteiger partial charge in [-0.25, -0.2) is 0 Å².